The maximum atomic E-state index is 12.1. The van der Waals surface area contributed by atoms with Crippen molar-refractivity contribution < 1.29 is 14.3 Å². The molecule has 0 aliphatic rings. The fraction of sp³-hybridized carbons (Fsp3) is 0.105. The number of anilines is 1. The second-order valence-corrected chi connectivity index (χ2v) is 6.10. The predicted octanol–water partition coefficient (Wildman–Crippen LogP) is 3.74. The van der Waals surface area contributed by atoms with Gasteiger partial charge >= 0.3 is 0 Å². The topological polar surface area (TPSA) is 79.8 Å². The smallest absolute Gasteiger partial charge is 0.271 e. The standard InChI is InChI=1S/C19H18BrN3O3/c1-3-10-26-18-9-4-14(11-17(18)20)12-21-23-19(25)15-5-7-16(8-6-15)22-13(2)24/h3-9,11-12H,1,10H2,2H3,(H,22,24)(H,23,25)/b21-12-. The molecule has 0 heterocycles. The van der Waals surface area contributed by atoms with E-state index >= 15 is 0 Å². The van der Waals surface area contributed by atoms with Crippen LogP contribution >= 0.6 is 15.9 Å². The summed E-state index contributed by atoms with van der Waals surface area (Å²) in [5.41, 5.74) is 4.32. The zero-order valence-corrected chi connectivity index (χ0v) is 15.7. The van der Waals surface area contributed by atoms with Crippen LogP contribution in [-0.2, 0) is 4.79 Å². The van der Waals surface area contributed by atoms with Crippen molar-refractivity contribution in [2.24, 2.45) is 5.10 Å². The first-order valence-electron chi connectivity index (χ1n) is 7.74. The fourth-order valence-corrected chi connectivity index (χ4v) is 2.51. The third-order valence-corrected chi connectivity index (χ3v) is 3.78. The maximum absolute atomic E-state index is 12.1. The first-order valence-corrected chi connectivity index (χ1v) is 8.53. The van der Waals surface area contributed by atoms with Gasteiger partial charge in [-0.15, -0.1) is 0 Å². The summed E-state index contributed by atoms with van der Waals surface area (Å²) in [5.74, 6) is 0.185. The summed E-state index contributed by atoms with van der Waals surface area (Å²) in [6.07, 6.45) is 3.20. The zero-order valence-electron chi connectivity index (χ0n) is 14.2. The molecular weight excluding hydrogens is 398 g/mol. The van der Waals surface area contributed by atoms with E-state index in [1.165, 1.54) is 13.1 Å². The van der Waals surface area contributed by atoms with E-state index < -0.39 is 0 Å². The van der Waals surface area contributed by atoms with Crippen molar-refractivity contribution in [1.82, 2.24) is 5.43 Å². The van der Waals surface area contributed by atoms with Gasteiger partial charge in [0.1, 0.15) is 12.4 Å². The SMILES string of the molecule is C=CCOc1ccc(/C=N\NC(=O)c2ccc(NC(C)=O)cc2)cc1Br. The van der Waals surface area contributed by atoms with Crippen molar-refractivity contribution in [2.45, 2.75) is 6.92 Å². The molecule has 0 fully saturated rings. The van der Waals surface area contributed by atoms with Gasteiger partial charge < -0.3 is 10.1 Å². The Bertz CT molecular complexity index is 832. The van der Waals surface area contributed by atoms with Gasteiger partial charge in [-0.05, 0) is 64.0 Å². The Kier molecular flexibility index (Phi) is 7.11. The third kappa shape index (κ3) is 5.86. The maximum Gasteiger partial charge on any atom is 0.271 e. The van der Waals surface area contributed by atoms with Crippen LogP contribution in [0.3, 0.4) is 0 Å². The normalized spacial score (nSPS) is 10.4. The molecule has 0 unspecified atom stereocenters. The van der Waals surface area contributed by atoms with Gasteiger partial charge in [-0.2, -0.15) is 5.10 Å². The van der Waals surface area contributed by atoms with Crippen LogP contribution in [0.25, 0.3) is 0 Å². The van der Waals surface area contributed by atoms with Crippen LogP contribution in [0.2, 0.25) is 0 Å². The van der Waals surface area contributed by atoms with Crippen LogP contribution in [-0.4, -0.2) is 24.6 Å². The quantitative estimate of drug-likeness (QED) is 0.410. The summed E-state index contributed by atoms with van der Waals surface area (Å²) in [4.78, 5) is 23.0. The third-order valence-electron chi connectivity index (χ3n) is 3.16. The number of ether oxygens (including phenoxy) is 1. The van der Waals surface area contributed by atoms with E-state index in [0.29, 0.717) is 23.6 Å². The number of nitrogens with zero attached hydrogens (tertiary/aromatic N) is 1. The number of hydrogen-bond acceptors (Lipinski definition) is 4. The van der Waals surface area contributed by atoms with Gasteiger partial charge in [0, 0.05) is 18.2 Å². The largest absolute Gasteiger partial charge is 0.488 e. The summed E-state index contributed by atoms with van der Waals surface area (Å²) in [7, 11) is 0. The van der Waals surface area contributed by atoms with Gasteiger partial charge in [0.25, 0.3) is 5.91 Å². The fourth-order valence-electron chi connectivity index (χ4n) is 2.00. The molecule has 26 heavy (non-hydrogen) atoms. The Morgan fingerprint density at radius 3 is 2.58 bits per heavy atom. The second-order valence-electron chi connectivity index (χ2n) is 5.25. The molecule has 0 aliphatic carbocycles. The number of carbonyl (C=O) groups excluding carboxylic acids is 2. The molecule has 0 bridgehead atoms. The van der Waals surface area contributed by atoms with Gasteiger partial charge in [0.15, 0.2) is 0 Å². The lowest BCUT2D eigenvalue weighted by Gasteiger charge is -2.06. The van der Waals surface area contributed by atoms with Crippen LogP contribution in [0.1, 0.15) is 22.8 Å². The molecule has 2 aromatic carbocycles. The van der Waals surface area contributed by atoms with E-state index in [0.717, 1.165) is 10.0 Å². The number of rotatable bonds is 7. The van der Waals surface area contributed by atoms with E-state index in [2.05, 4.69) is 38.4 Å². The van der Waals surface area contributed by atoms with Crippen LogP contribution in [0.15, 0.2) is 64.7 Å². The number of benzene rings is 2. The highest BCUT2D eigenvalue weighted by molar-refractivity contribution is 9.10. The Hall–Kier alpha value is -2.93. The second kappa shape index (κ2) is 9.53. The summed E-state index contributed by atoms with van der Waals surface area (Å²) >= 11 is 3.42. The summed E-state index contributed by atoms with van der Waals surface area (Å²) in [6.45, 7) is 5.44. The minimum atomic E-state index is -0.347. The van der Waals surface area contributed by atoms with Crippen molar-refractivity contribution in [1.29, 1.82) is 0 Å². The molecule has 0 spiro atoms. The van der Waals surface area contributed by atoms with Gasteiger partial charge in [0.05, 0.1) is 10.7 Å². The summed E-state index contributed by atoms with van der Waals surface area (Å²) < 4.78 is 6.25. The van der Waals surface area contributed by atoms with E-state index in [4.69, 9.17) is 4.74 Å². The lowest BCUT2D eigenvalue weighted by Crippen LogP contribution is -2.17. The molecule has 134 valence electrons. The molecule has 2 aromatic rings. The monoisotopic (exact) mass is 415 g/mol. The zero-order chi connectivity index (χ0) is 18.9. The lowest BCUT2D eigenvalue weighted by atomic mass is 10.2. The van der Waals surface area contributed by atoms with Crippen LogP contribution in [0, 0.1) is 0 Å². The molecule has 0 saturated heterocycles. The average Bonchev–Trinajstić information content (AvgIpc) is 2.61. The number of hydrazone groups is 1. The Balaban J connectivity index is 1.95. The average molecular weight is 416 g/mol. The van der Waals surface area contributed by atoms with Crippen molar-refractivity contribution in [3.05, 3.63) is 70.7 Å². The number of halogens is 1. The molecule has 0 atom stereocenters. The molecule has 0 aromatic heterocycles. The molecule has 0 radical (unpaired) electrons. The van der Waals surface area contributed by atoms with Crippen LogP contribution in [0.4, 0.5) is 5.69 Å². The van der Waals surface area contributed by atoms with E-state index in [9.17, 15) is 9.59 Å². The van der Waals surface area contributed by atoms with E-state index in [-0.39, 0.29) is 11.8 Å². The lowest BCUT2D eigenvalue weighted by molar-refractivity contribution is -0.114. The van der Waals surface area contributed by atoms with Crippen molar-refractivity contribution in [3.63, 3.8) is 0 Å². The molecule has 0 saturated carbocycles. The van der Waals surface area contributed by atoms with Gasteiger partial charge in [-0.1, -0.05) is 12.7 Å². The van der Waals surface area contributed by atoms with Gasteiger partial charge in [-0.25, -0.2) is 5.43 Å². The summed E-state index contributed by atoms with van der Waals surface area (Å²) in [6, 6.07) is 12.0. The number of hydrogen-bond donors (Lipinski definition) is 2. The molecule has 2 rings (SSSR count). The van der Waals surface area contributed by atoms with Crippen LogP contribution < -0.4 is 15.5 Å². The Labute approximate surface area is 160 Å². The first-order chi connectivity index (χ1) is 12.5. The van der Waals surface area contributed by atoms with Crippen molar-refractivity contribution in [3.8, 4) is 5.75 Å². The minimum absolute atomic E-state index is 0.168. The minimum Gasteiger partial charge on any atom is -0.488 e. The molecule has 2 amide bonds. The van der Waals surface area contributed by atoms with Crippen molar-refractivity contribution >= 4 is 39.6 Å². The van der Waals surface area contributed by atoms with E-state index in [1.54, 1.807) is 36.4 Å². The van der Waals surface area contributed by atoms with Crippen LogP contribution in [0.5, 0.6) is 5.75 Å². The van der Waals surface area contributed by atoms with Gasteiger partial charge in [0.2, 0.25) is 5.91 Å². The predicted molar refractivity (Wildman–Crippen MR) is 106 cm³/mol. The highest BCUT2D eigenvalue weighted by Gasteiger charge is 2.05. The molecule has 0 aliphatic heterocycles. The Morgan fingerprint density at radius 2 is 1.96 bits per heavy atom. The summed E-state index contributed by atoms with van der Waals surface area (Å²) in [5, 5.41) is 6.59. The molecule has 2 N–H and O–H groups in total. The molecule has 7 heteroatoms. The van der Waals surface area contributed by atoms with Crippen molar-refractivity contribution in [2.75, 3.05) is 11.9 Å². The highest BCUT2D eigenvalue weighted by atomic mass is 79.9. The highest BCUT2D eigenvalue weighted by Crippen LogP contribution is 2.25. The number of nitrogens with one attached hydrogen (secondary N) is 2. The number of amides is 2. The first kappa shape index (κ1) is 19.4. The van der Waals surface area contributed by atoms with E-state index in [1.807, 2.05) is 12.1 Å². The molecule has 6 nitrogen and oxygen atoms in total. The Morgan fingerprint density at radius 1 is 1.23 bits per heavy atom. The number of carbonyl (C=O) groups is 2. The molecular formula is C19H18BrN3O3. The van der Waals surface area contributed by atoms with Gasteiger partial charge in [-0.3, -0.25) is 9.59 Å².